The van der Waals surface area contributed by atoms with E-state index >= 15 is 0 Å². The Morgan fingerprint density at radius 1 is 1.39 bits per heavy atom. The summed E-state index contributed by atoms with van der Waals surface area (Å²) in [5, 5.41) is 0. The fraction of sp³-hybridized carbons (Fsp3) is 0.882. The summed E-state index contributed by atoms with van der Waals surface area (Å²) < 4.78 is 16.4. The van der Waals surface area contributed by atoms with E-state index in [1.54, 1.807) is 7.11 Å². The van der Waals surface area contributed by atoms with Crippen molar-refractivity contribution in [2.45, 2.75) is 77.2 Å². The highest BCUT2D eigenvalue weighted by Crippen LogP contribution is 2.26. The smallest absolute Gasteiger partial charge is 0.416 e. The van der Waals surface area contributed by atoms with Crippen molar-refractivity contribution >= 4 is 12.0 Å². The molecule has 2 fully saturated rings. The van der Waals surface area contributed by atoms with E-state index in [2.05, 4.69) is 6.92 Å². The van der Waals surface area contributed by atoms with Gasteiger partial charge in [-0.3, -0.25) is 4.79 Å². The molecule has 4 atom stereocenters. The molecule has 0 aromatic heterocycles. The summed E-state index contributed by atoms with van der Waals surface area (Å²) in [7, 11) is 1.73. The lowest BCUT2D eigenvalue weighted by Crippen LogP contribution is -2.41. The first kappa shape index (κ1) is 18.2. The van der Waals surface area contributed by atoms with Gasteiger partial charge in [-0.2, -0.15) is 0 Å². The average molecular weight is 327 g/mol. The van der Waals surface area contributed by atoms with Crippen LogP contribution in [0.4, 0.5) is 4.79 Å². The Morgan fingerprint density at radius 3 is 2.78 bits per heavy atom. The number of cyclic esters (lactones) is 1. The number of carbonyl (C=O) groups excluding carboxylic acids is 2. The maximum absolute atomic E-state index is 12.4. The largest absolute Gasteiger partial charge is 0.447 e. The Bertz CT molecular complexity index is 425. The maximum Gasteiger partial charge on any atom is 0.416 e. The van der Waals surface area contributed by atoms with Gasteiger partial charge in [-0.1, -0.05) is 13.8 Å². The maximum atomic E-state index is 12.4. The van der Waals surface area contributed by atoms with E-state index in [1.807, 2.05) is 13.8 Å². The molecule has 6 nitrogen and oxygen atoms in total. The zero-order chi connectivity index (χ0) is 17.0. The molecule has 6 heteroatoms. The number of ether oxygens (including phenoxy) is 3. The number of carbonyl (C=O) groups is 2. The van der Waals surface area contributed by atoms with E-state index in [-0.39, 0.29) is 36.2 Å². The lowest BCUT2D eigenvalue weighted by atomic mass is 9.97. The molecule has 0 aromatic carbocycles. The predicted molar refractivity (Wildman–Crippen MR) is 85.0 cm³/mol. The zero-order valence-electron chi connectivity index (χ0n) is 14.6. The summed E-state index contributed by atoms with van der Waals surface area (Å²) in [5.41, 5.74) is 0. The summed E-state index contributed by atoms with van der Waals surface area (Å²) >= 11 is 0. The van der Waals surface area contributed by atoms with Crippen LogP contribution in [-0.2, 0) is 19.0 Å². The predicted octanol–water partition coefficient (Wildman–Crippen LogP) is 2.74. The Morgan fingerprint density at radius 2 is 2.13 bits per heavy atom. The van der Waals surface area contributed by atoms with Gasteiger partial charge in [0.1, 0.15) is 6.61 Å². The third kappa shape index (κ3) is 4.67. The van der Waals surface area contributed by atoms with Crippen molar-refractivity contribution in [2.75, 3.05) is 13.7 Å². The van der Waals surface area contributed by atoms with Crippen molar-refractivity contribution in [1.29, 1.82) is 0 Å². The van der Waals surface area contributed by atoms with Crippen LogP contribution < -0.4 is 0 Å². The second-order valence-electron chi connectivity index (χ2n) is 6.94. The molecule has 2 aliphatic rings. The molecular formula is C17H29NO5. The second kappa shape index (κ2) is 8.11. The number of rotatable bonds is 6. The van der Waals surface area contributed by atoms with Crippen LogP contribution in [0.5, 0.6) is 0 Å². The SMILES string of the molecule is CO[C@H]1C[C@H](CCCC(=O)N2C(=O)OC[C@@H]2C(C)C)O[C@@H](C)C1. The third-order valence-electron chi connectivity index (χ3n) is 4.74. The lowest BCUT2D eigenvalue weighted by Gasteiger charge is -2.33. The highest BCUT2D eigenvalue weighted by Gasteiger charge is 2.39. The molecule has 2 heterocycles. The third-order valence-corrected chi connectivity index (χ3v) is 4.74. The molecule has 0 unspecified atom stereocenters. The van der Waals surface area contributed by atoms with Crippen molar-refractivity contribution in [3.05, 3.63) is 0 Å². The van der Waals surface area contributed by atoms with Crippen LogP contribution in [0.25, 0.3) is 0 Å². The van der Waals surface area contributed by atoms with Crippen LogP contribution in [0.3, 0.4) is 0 Å². The van der Waals surface area contributed by atoms with Crippen LogP contribution >= 0.6 is 0 Å². The van der Waals surface area contributed by atoms with Gasteiger partial charge in [0, 0.05) is 13.5 Å². The lowest BCUT2D eigenvalue weighted by molar-refractivity contribution is -0.130. The van der Waals surface area contributed by atoms with Crippen LogP contribution in [-0.4, -0.2) is 55.0 Å². The summed E-state index contributed by atoms with van der Waals surface area (Å²) in [6.45, 7) is 6.35. The van der Waals surface area contributed by atoms with Crippen molar-refractivity contribution in [1.82, 2.24) is 4.90 Å². The summed E-state index contributed by atoms with van der Waals surface area (Å²) in [6.07, 6.45) is 3.71. The van der Waals surface area contributed by atoms with Crippen molar-refractivity contribution in [3.63, 3.8) is 0 Å². The van der Waals surface area contributed by atoms with Gasteiger partial charge in [-0.15, -0.1) is 0 Å². The molecule has 0 N–H and O–H groups in total. The Kier molecular flexibility index (Phi) is 6.41. The number of hydrogen-bond acceptors (Lipinski definition) is 5. The molecule has 2 rings (SSSR count). The quantitative estimate of drug-likeness (QED) is 0.750. The molecule has 0 radical (unpaired) electrons. The molecule has 0 spiro atoms. The van der Waals surface area contributed by atoms with E-state index in [0.29, 0.717) is 19.4 Å². The average Bonchev–Trinajstić information content (AvgIpc) is 2.88. The van der Waals surface area contributed by atoms with Gasteiger partial charge >= 0.3 is 6.09 Å². The fourth-order valence-corrected chi connectivity index (χ4v) is 3.39. The van der Waals surface area contributed by atoms with Gasteiger partial charge in [0.2, 0.25) is 5.91 Å². The number of methoxy groups -OCH3 is 1. The molecular weight excluding hydrogens is 298 g/mol. The zero-order valence-corrected chi connectivity index (χ0v) is 14.6. The normalized spacial score (nSPS) is 31.5. The minimum absolute atomic E-state index is 0.128. The van der Waals surface area contributed by atoms with Gasteiger partial charge in [-0.05, 0) is 38.5 Å². The van der Waals surface area contributed by atoms with E-state index in [1.165, 1.54) is 4.90 Å². The molecule has 0 bridgehead atoms. The Hall–Kier alpha value is -1.14. The number of imide groups is 1. The van der Waals surface area contributed by atoms with Crippen molar-refractivity contribution in [2.24, 2.45) is 5.92 Å². The van der Waals surface area contributed by atoms with Gasteiger partial charge in [0.15, 0.2) is 0 Å². The van der Waals surface area contributed by atoms with Gasteiger partial charge in [-0.25, -0.2) is 9.69 Å². The van der Waals surface area contributed by atoms with Crippen molar-refractivity contribution in [3.8, 4) is 0 Å². The van der Waals surface area contributed by atoms with Crippen LogP contribution in [0.2, 0.25) is 0 Å². The monoisotopic (exact) mass is 327 g/mol. The first-order valence-electron chi connectivity index (χ1n) is 8.59. The molecule has 2 saturated heterocycles. The van der Waals surface area contributed by atoms with Crippen LogP contribution in [0.15, 0.2) is 0 Å². The molecule has 0 aliphatic carbocycles. The van der Waals surface area contributed by atoms with E-state index in [9.17, 15) is 9.59 Å². The molecule has 2 aliphatic heterocycles. The van der Waals surface area contributed by atoms with E-state index in [4.69, 9.17) is 14.2 Å². The van der Waals surface area contributed by atoms with Crippen LogP contribution in [0, 0.1) is 5.92 Å². The Balaban J connectivity index is 1.79. The molecule has 132 valence electrons. The minimum Gasteiger partial charge on any atom is -0.447 e. The van der Waals surface area contributed by atoms with Crippen LogP contribution in [0.1, 0.15) is 52.9 Å². The minimum atomic E-state index is -0.504. The van der Waals surface area contributed by atoms with E-state index in [0.717, 1.165) is 19.3 Å². The van der Waals surface area contributed by atoms with E-state index < -0.39 is 6.09 Å². The second-order valence-corrected chi connectivity index (χ2v) is 6.94. The first-order chi connectivity index (χ1) is 10.9. The first-order valence-corrected chi connectivity index (χ1v) is 8.59. The fourth-order valence-electron chi connectivity index (χ4n) is 3.39. The molecule has 0 aromatic rings. The number of hydrogen-bond donors (Lipinski definition) is 0. The molecule has 23 heavy (non-hydrogen) atoms. The summed E-state index contributed by atoms with van der Waals surface area (Å²) in [6, 6.07) is -0.140. The topological polar surface area (TPSA) is 65.1 Å². The summed E-state index contributed by atoms with van der Waals surface area (Å²) in [5.74, 6) is 0.0636. The number of nitrogens with zero attached hydrogens (tertiary/aromatic N) is 1. The molecule has 0 saturated carbocycles. The highest BCUT2D eigenvalue weighted by molar-refractivity contribution is 5.93. The van der Waals surface area contributed by atoms with Gasteiger partial charge in [0.25, 0.3) is 0 Å². The van der Waals surface area contributed by atoms with Gasteiger partial charge < -0.3 is 14.2 Å². The Labute approximate surface area is 138 Å². The number of amides is 2. The highest BCUT2D eigenvalue weighted by atomic mass is 16.6. The summed E-state index contributed by atoms with van der Waals surface area (Å²) in [4.78, 5) is 25.4. The van der Waals surface area contributed by atoms with Gasteiger partial charge in [0.05, 0.1) is 24.4 Å². The van der Waals surface area contributed by atoms with Crippen molar-refractivity contribution < 1.29 is 23.8 Å². The standard InChI is InChI=1S/C17H29NO5/c1-11(2)15-10-22-17(20)18(15)16(19)7-5-6-13-9-14(21-4)8-12(3)23-13/h11-15H,5-10H2,1-4H3/t12-,13-,14+,15+/m0/s1. The molecule has 2 amide bonds.